The first-order valence-electron chi connectivity index (χ1n) is 5.03. The molecule has 0 aliphatic carbocycles. The Morgan fingerprint density at radius 1 is 1.11 bits per heavy atom. The number of rotatable bonds is 3. The van der Waals surface area contributed by atoms with Crippen molar-refractivity contribution in [3.63, 3.8) is 0 Å². The summed E-state index contributed by atoms with van der Waals surface area (Å²) in [5.74, 6) is 0. The molecule has 1 heterocycles. The minimum Gasteiger partial charge on any atom is -0.277 e. The lowest BCUT2D eigenvalue weighted by Crippen LogP contribution is -2.12. The predicted molar refractivity (Wildman–Crippen MR) is 89.4 cm³/mol. The van der Waals surface area contributed by atoms with E-state index in [4.69, 9.17) is 0 Å². The van der Waals surface area contributed by atoms with Crippen LogP contribution in [-0.4, -0.2) is 8.42 Å². The molecular weight excluding hydrogens is 482 g/mol. The summed E-state index contributed by atoms with van der Waals surface area (Å²) in [6.45, 7) is 1.93. The lowest BCUT2D eigenvalue weighted by atomic mass is 10.2. The molecule has 0 saturated heterocycles. The summed E-state index contributed by atoms with van der Waals surface area (Å²) >= 11 is 11.2. The van der Waals surface area contributed by atoms with Gasteiger partial charge < -0.3 is 0 Å². The first-order chi connectivity index (χ1) is 8.79. The molecule has 0 spiro atoms. The second kappa shape index (κ2) is 5.85. The van der Waals surface area contributed by atoms with Crippen LogP contribution < -0.4 is 4.72 Å². The zero-order valence-electron chi connectivity index (χ0n) is 9.58. The first kappa shape index (κ1) is 15.5. The van der Waals surface area contributed by atoms with Crippen molar-refractivity contribution in [3.8, 4) is 0 Å². The molecule has 0 fully saturated rings. The fourth-order valence-electron chi connectivity index (χ4n) is 1.42. The van der Waals surface area contributed by atoms with Gasteiger partial charge >= 0.3 is 0 Å². The Hall–Kier alpha value is 0.110. The summed E-state index contributed by atoms with van der Waals surface area (Å²) in [7, 11) is -3.57. The van der Waals surface area contributed by atoms with Crippen molar-refractivity contribution in [3.05, 3.63) is 42.6 Å². The number of benzene rings is 1. The SMILES string of the molecule is Cc1cc(Br)c(NS(=O)(=O)c2ccc(Br)s2)c(Br)c1. The Morgan fingerprint density at radius 3 is 2.16 bits per heavy atom. The predicted octanol–water partition coefficient (Wildman–Crippen LogP) is 5.14. The van der Waals surface area contributed by atoms with E-state index in [-0.39, 0.29) is 4.21 Å². The molecular formula is C11H8Br3NO2S2. The highest BCUT2D eigenvalue weighted by atomic mass is 79.9. The van der Waals surface area contributed by atoms with E-state index < -0.39 is 10.0 Å². The quantitative estimate of drug-likeness (QED) is 0.648. The van der Waals surface area contributed by atoms with Crippen molar-refractivity contribution in [1.82, 2.24) is 0 Å². The Morgan fingerprint density at radius 2 is 1.68 bits per heavy atom. The van der Waals surface area contributed by atoms with Gasteiger partial charge in [0, 0.05) is 8.95 Å². The van der Waals surface area contributed by atoms with Crippen LogP contribution >= 0.6 is 59.1 Å². The fourth-order valence-corrected chi connectivity index (χ4v) is 6.41. The third kappa shape index (κ3) is 3.60. The zero-order chi connectivity index (χ0) is 14.2. The molecule has 0 bridgehead atoms. The Bertz CT molecular complexity index is 702. The topological polar surface area (TPSA) is 46.2 Å². The molecule has 0 radical (unpaired) electrons. The highest BCUT2D eigenvalue weighted by Gasteiger charge is 2.19. The van der Waals surface area contributed by atoms with Gasteiger partial charge in [-0.05, 0) is 84.5 Å². The van der Waals surface area contributed by atoms with E-state index in [0.29, 0.717) is 14.6 Å². The van der Waals surface area contributed by atoms with Crippen LogP contribution in [0.4, 0.5) is 5.69 Å². The number of halogens is 3. The Balaban J connectivity index is 2.41. The standard InChI is InChI=1S/C11H8Br3NO2S2/c1-6-4-7(12)11(8(13)5-6)15-19(16,17)10-3-2-9(14)18-10/h2-5,15H,1H3. The number of anilines is 1. The monoisotopic (exact) mass is 487 g/mol. The molecule has 1 N–H and O–H groups in total. The summed E-state index contributed by atoms with van der Waals surface area (Å²) in [5, 5.41) is 0. The van der Waals surface area contributed by atoms with Crippen LogP contribution in [0.25, 0.3) is 0 Å². The van der Waals surface area contributed by atoms with E-state index >= 15 is 0 Å². The number of sulfonamides is 1. The molecule has 2 rings (SSSR count). The average molecular weight is 490 g/mol. The number of hydrogen-bond acceptors (Lipinski definition) is 3. The maximum absolute atomic E-state index is 12.2. The Labute approximate surface area is 140 Å². The summed E-state index contributed by atoms with van der Waals surface area (Å²) in [6, 6.07) is 6.98. The second-order valence-electron chi connectivity index (χ2n) is 3.77. The van der Waals surface area contributed by atoms with Crippen LogP contribution in [0.5, 0.6) is 0 Å². The van der Waals surface area contributed by atoms with Crippen LogP contribution in [0.1, 0.15) is 5.56 Å². The van der Waals surface area contributed by atoms with Crippen molar-refractivity contribution in [2.75, 3.05) is 4.72 Å². The number of thiophene rings is 1. The van der Waals surface area contributed by atoms with Gasteiger partial charge in [0.05, 0.1) is 9.47 Å². The smallest absolute Gasteiger partial charge is 0.271 e. The maximum Gasteiger partial charge on any atom is 0.271 e. The minimum atomic E-state index is -3.57. The summed E-state index contributed by atoms with van der Waals surface area (Å²) in [6.07, 6.45) is 0. The maximum atomic E-state index is 12.2. The van der Waals surface area contributed by atoms with Gasteiger partial charge in [-0.2, -0.15) is 0 Å². The molecule has 102 valence electrons. The number of nitrogens with one attached hydrogen (secondary N) is 1. The van der Waals surface area contributed by atoms with Crippen LogP contribution in [0.2, 0.25) is 0 Å². The van der Waals surface area contributed by atoms with E-state index in [9.17, 15) is 8.42 Å². The highest BCUT2D eigenvalue weighted by molar-refractivity contribution is 9.11. The lowest BCUT2D eigenvalue weighted by molar-refractivity contribution is 0.603. The van der Waals surface area contributed by atoms with Crippen molar-refractivity contribution >= 4 is 74.8 Å². The molecule has 0 atom stereocenters. The van der Waals surface area contributed by atoms with Crippen LogP contribution in [0.3, 0.4) is 0 Å². The summed E-state index contributed by atoms with van der Waals surface area (Å²) in [4.78, 5) is 0. The number of hydrogen-bond donors (Lipinski definition) is 1. The van der Waals surface area contributed by atoms with Crippen molar-refractivity contribution < 1.29 is 8.42 Å². The van der Waals surface area contributed by atoms with Gasteiger partial charge in [-0.1, -0.05) is 0 Å². The lowest BCUT2D eigenvalue weighted by Gasteiger charge is -2.11. The first-order valence-corrected chi connectivity index (χ1v) is 9.71. The largest absolute Gasteiger partial charge is 0.277 e. The normalized spacial score (nSPS) is 11.6. The average Bonchev–Trinajstić information content (AvgIpc) is 2.71. The molecule has 8 heteroatoms. The van der Waals surface area contributed by atoms with Crippen LogP contribution in [0.15, 0.2) is 41.2 Å². The highest BCUT2D eigenvalue weighted by Crippen LogP contribution is 2.35. The van der Waals surface area contributed by atoms with Crippen LogP contribution in [0, 0.1) is 6.92 Å². The molecule has 0 aliphatic rings. The second-order valence-corrected chi connectivity index (χ2v) is 9.85. The van der Waals surface area contributed by atoms with Gasteiger partial charge in [0.2, 0.25) is 0 Å². The van der Waals surface area contributed by atoms with Gasteiger partial charge in [-0.15, -0.1) is 11.3 Å². The molecule has 2 aromatic rings. The van der Waals surface area contributed by atoms with Crippen molar-refractivity contribution in [1.29, 1.82) is 0 Å². The van der Waals surface area contributed by atoms with Crippen molar-refractivity contribution in [2.24, 2.45) is 0 Å². The van der Waals surface area contributed by atoms with Crippen molar-refractivity contribution in [2.45, 2.75) is 11.1 Å². The van der Waals surface area contributed by atoms with Gasteiger partial charge in [-0.25, -0.2) is 8.42 Å². The third-order valence-corrected chi connectivity index (χ3v) is 6.95. The van der Waals surface area contributed by atoms with E-state index in [1.54, 1.807) is 12.1 Å². The molecule has 3 nitrogen and oxygen atoms in total. The minimum absolute atomic E-state index is 0.263. The van der Waals surface area contributed by atoms with E-state index in [1.165, 1.54) is 0 Å². The number of aryl methyl sites for hydroxylation is 1. The molecule has 0 saturated carbocycles. The fraction of sp³-hybridized carbons (Fsp3) is 0.0909. The van der Waals surface area contributed by atoms with Gasteiger partial charge in [0.25, 0.3) is 10.0 Å². The van der Waals surface area contributed by atoms with E-state index in [1.807, 2.05) is 19.1 Å². The molecule has 1 aromatic heterocycles. The zero-order valence-corrected chi connectivity index (χ0v) is 16.0. The van der Waals surface area contributed by atoms with Gasteiger partial charge in [-0.3, -0.25) is 4.72 Å². The van der Waals surface area contributed by atoms with Gasteiger partial charge in [0.1, 0.15) is 4.21 Å². The molecule has 0 aliphatic heterocycles. The Kier molecular flexibility index (Phi) is 4.77. The van der Waals surface area contributed by atoms with E-state index in [2.05, 4.69) is 52.5 Å². The third-order valence-electron chi connectivity index (χ3n) is 2.24. The summed E-state index contributed by atoms with van der Waals surface area (Å²) in [5.41, 5.74) is 1.52. The van der Waals surface area contributed by atoms with E-state index in [0.717, 1.165) is 20.7 Å². The molecule has 1 aromatic carbocycles. The van der Waals surface area contributed by atoms with Crippen LogP contribution in [-0.2, 0) is 10.0 Å². The molecule has 19 heavy (non-hydrogen) atoms. The summed E-state index contributed by atoms with van der Waals surface area (Å²) < 4.78 is 29.5. The van der Waals surface area contributed by atoms with Gasteiger partial charge in [0.15, 0.2) is 0 Å². The molecule has 0 amide bonds. The molecule has 0 unspecified atom stereocenters.